The number of piperidine rings is 1. The van der Waals surface area contributed by atoms with E-state index in [1.165, 1.54) is 6.42 Å². The molecule has 0 aromatic heterocycles. The molecule has 2 rings (SSSR count). The average molecular weight is 282 g/mol. The van der Waals surface area contributed by atoms with Gasteiger partial charge < -0.3 is 15.0 Å². The van der Waals surface area contributed by atoms with Gasteiger partial charge in [-0.15, -0.1) is 0 Å². The quantitative estimate of drug-likeness (QED) is 0.766. The van der Waals surface area contributed by atoms with Crippen LogP contribution in [-0.4, -0.2) is 50.1 Å². The highest BCUT2D eigenvalue weighted by Gasteiger charge is 2.37. The smallest absolute Gasteiger partial charge is 0.222 e. The monoisotopic (exact) mass is 282 g/mol. The van der Waals surface area contributed by atoms with E-state index in [0.29, 0.717) is 25.9 Å². The zero-order valence-electron chi connectivity index (χ0n) is 12.5. The molecule has 1 aliphatic heterocycles. The van der Waals surface area contributed by atoms with Crippen LogP contribution in [0, 0.1) is 5.41 Å². The number of methoxy groups -OCH3 is 1. The molecule has 2 fully saturated rings. The molecule has 114 valence electrons. The third-order valence-corrected chi connectivity index (χ3v) is 4.56. The van der Waals surface area contributed by atoms with E-state index in [9.17, 15) is 9.59 Å². The van der Waals surface area contributed by atoms with Gasteiger partial charge in [-0.05, 0) is 25.7 Å². The van der Waals surface area contributed by atoms with Crippen LogP contribution >= 0.6 is 0 Å². The van der Waals surface area contributed by atoms with Crippen molar-refractivity contribution in [3.63, 3.8) is 0 Å². The van der Waals surface area contributed by atoms with E-state index in [1.807, 2.05) is 4.90 Å². The van der Waals surface area contributed by atoms with Crippen molar-refractivity contribution in [3.8, 4) is 0 Å². The highest BCUT2D eigenvalue weighted by atomic mass is 16.5. The van der Waals surface area contributed by atoms with Crippen LogP contribution in [0.4, 0.5) is 0 Å². The molecule has 2 aliphatic rings. The molecule has 20 heavy (non-hydrogen) atoms. The van der Waals surface area contributed by atoms with Crippen LogP contribution in [0.1, 0.15) is 44.9 Å². The van der Waals surface area contributed by atoms with Crippen LogP contribution in [-0.2, 0) is 14.3 Å². The third-order valence-electron chi connectivity index (χ3n) is 4.56. The lowest BCUT2D eigenvalue weighted by molar-refractivity contribution is -0.134. The molecule has 0 atom stereocenters. The van der Waals surface area contributed by atoms with E-state index < -0.39 is 0 Å². The number of hydrogen-bond donors (Lipinski definition) is 1. The predicted octanol–water partition coefficient (Wildman–Crippen LogP) is 1.32. The molecule has 5 heteroatoms. The van der Waals surface area contributed by atoms with Crippen molar-refractivity contribution in [2.75, 3.05) is 33.4 Å². The summed E-state index contributed by atoms with van der Waals surface area (Å²) in [5.41, 5.74) is 0.158. The van der Waals surface area contributed by atoms with Crippen molar-refractivity contribution in [1.82, 2.24) is 10.2 Å². The molecular weight excluding hydrogens is 256 g/mol. The first-order chi connectivity index (χ1) is 9.65. The number of amides is 2. The topological polar surface area (TPSA) is 58.6 Å². The minimum Gasteiger partial charge on any atom is -0.384 e. The van der Waals surface area contributed by atoms with Crippen LogP contribution in [0.5, 0.6) is 0 Å². The summed E-state index contributed by atoms with van der Waals surface area (Å²) in [5.74, 6) is 0.240. The number of ether oxygens (including phenoxy) is 1. The Morgan fingerprint density at radius 2 is 2.15 bits per heavy atom. The summed E-state index contributed by atoms with van der Waals surface area (Å²) in [6.45, 7) is 2.78. The Hall–Kier alpha value is -1.10. The van der Waals surface area contributed by atoms with E-state index >= 15 is 0 Å². The van der Waals surface area contributed by atoms with E-state index in [1.54, 1.807) is 7.11 Å². The Kier molecular flexibility index (Phi) is 5.40. The van der Waals surface area contributed by atoms with Gasteiger partial charge in [0, 0.05) is 45.0 Å². The Balaban J connectivity index is 1.66. The molecule has 1 aliphatic carbocycles. The number of carbonyl (C=O) groups excluding carboxylic acids is 2. The summed E-state index contributed by atoms with van der Waals surface area (Å²) in [7, 11) is 1.71. The van der Waals surface area contributed by atoms with Crippen molar-refractivity contribution >= 4 is 11.8 Å². The van der Waals surface area contributed by atoms with E-state index in [0.717, 1.165) is 38.8 Å². The molecule has 0 aromatic carbocycles. The number of hydrogen-bond acceptors (Lipinski definition) is 3. The van der Waals surface area contributed by atoms with Gasteiger partial charge in [-0.25, -0.2) is 0 Å². The predicted molar refractivity (Wildman–Crippen MR) is 76.2 cm³/mol. The van der Waals surface area contributed by atoms with Crippen LogP contribution in [0.2, 0.25) is 0 Å². The average Bonchev–Trinajstić information content (AvgIpc) is 2.40. The molecule has 1 heterocycles. The second kappa shape index (κ2) is 7.07. The summed E-state index contributed by atoms with van der Waals surface area (Å²) < 4.78 is 5.25. The van der Waals surface area contributed by atoms with Gasteiger partial charge in [0.1, 0.15) is 0 Å². The molecule has 1 saturated heterocycles. The first kappa shape index (κ1) is 15.3. The van der Waals surface area contributed by atoms with Crippen LogP contribution in [0.3, 0.4) is 0 Å². The number of carbonyl (C=O) groups is 2. The maximum absolute atomic E-state index is 11.9. The Labute approximate surface area is 121 Å². The summed E-state index contributed by atoms with van der Waals surface area (Å²) >= 11 is 0. The Morgan fingerprint density at radius 3 is 2.75 bits per heavy atom. The van der Waals surface area contributed by atoms with Crippen LogP contribution < -0.4 is 5.32 Å². The van der Waals surface area contributed by atoms with E-state index in [4.69, 9.17) is 4.74 Å². The maximum Gasteiger partial charge on any atom is 0.222 e. The summed E-state index contributed by atoms with van der Waals surface area (Å²) in [6, 6.07) is 0. The molecule has 1 saturated carbocycles. The van der Waals surface area contributed by atoms with Gasteiger partial charge in [-0.2, -0.15) is 0 Å². The summed E-state index contributed by atoms with van der Waals surface area (Å²) in [4.78, 5) is 25.4. The SMILES string of the molecule is COCC1(CNC(=O)CCN2CCCCC2=O)CCC1. The van der Waals surface area contributed by atoms with E-state index in [2.05, 4.69) is 5.32 Å². The highest BCUT2D eigenvalue weighted by molar-refractivity contribution is 5.79. The van der Waals surface area contributed by atoms with Crippen molar-refractivity contribution in [1.29, 1.82) is 0 Å². The van der Waals surface area contributed by atoms with E-state index in [-0.39, 0.29) is 17.2 Å². The lowest BCUT2D eigenvalue weighted by atomic mass is 9.69. The standard InChI is InChI=1S/C15H26N2O3/c1-20-12-15(7-4-8-15)11-16-13(18)6-10-17-9-3-2-5-14(17)19/h2-12H2,1H3,(H,16,18). The van der Waals surface area contributed by atoms with Crippen molar-refractivity contribution in [2.45, 2.75) is 44.9 Å². The summed E-state index contributed by atoms with van der Waals surface area (Å²) in [5, 5.41) is 3.01. The van der Waals surface area contributed by atoms with Crippen LogP contribution in [0.25, 0.3) is 0 Å². The molecule has 2 amide bonds. The molecular formula is C15H26N2O3. The minimum absolute atomic E-state index is 0.0470. The zero-order chi connectivity index (χ0) is 14.4. The molecule has 1 N–H and O–H groups in total. The van der Waals surface area contributed by atoms with Gasteiger partial charge in [0.15, 0.2) is 0 Å². The lowest BCUT2D eigenvalue weighted by Crippen LogP contribution is -2.46. The number of nitrogens with one attached hydrogen (secondary N) is 1. The minimum atomic E-state index is 0.0470. The second-order valence-corrected chi connectivity index (χ2v) is 6.15. The first-order valence-corrected chi connectivity index (χ1v) is 7.69. The van der Waals surface area contributed by atoms with Crippen molar-refractivity contribution in [3.05, 3.63) is 0 Å². The Bertz CT molecular complexity index is 353. The highest BCUT2D eigenvalue weighted by Crippen LogP contribution is 2.40. The first-order valence-electron chi connectivity index (χ1n) is 7.69. The van der Waals surface area contributed by atoms with Gasteiger partial charge in [0.05, 0.1) is 6.61 Å². The number of likely N-dealkylation sites (tertiary alicyclic amines) is 1. The van der Waals surface area contributed by atoms with Gasteiger partial charge in [0.25, 0.3) is 0 Å². The second-order valence-electron chi connectivity index (χ2n) is 6.15. The van der Waals surface area contributed by atoms with Gasteiger partial charge in [-0.3, -0.25) is 9.59 Å². The van der Waals surface area contributed by atoms with Crippen molar-refractivity contribution < 1.29 is 14.3 Å². The molecule has 0 radical (unpaired) electrons. The number of nitrogens with zero attached hydrogens (tertiary/aromatic N) is 1. The normalized spacial score (nSPS) is 21.4. The molecule has 5 nitrogen and oxygen atoms in total. The van der Waals surface area contributed by atoms with Crippen LogP contribution in [0.15, 0.2) is 0 Å². The molecule has 0 spiro atoms. The lowest BCUT2D eigenvalue weighted by Gasteiger charge is -2.41. The van der Waals surface area contributed by atoms with Gasteiger partial charge in [-0.1, -0.05) is 6.42 Å². The largest absolute Gasteiger partial charge is 0.384 e. The molecule has 0 bridgehead atoms. The third kappa shape index (κ3) is 3.95. The fraction of sp³-hybridized carbons (Fsp3) is 0.867. The number of rotatable bonds is 7. The fourth-order valence-electron chi connectivity index (χ4n) is 3.06. The zero-order valence-corrected chi connectivity index (χ0v) is 12.5. The molecule has 0 unspecified atom stereocenters. The Morgan fingerprint density at radius 1 is 1.35 bits per heavy atom. The van der Waals surface area contributed by atoms with Gasteiger partial charge >= 0.3 is 0 Å². The molecule has 0 aromatic rings. The maximum atomic E-state index is 11.9. The van der Waals surface area contributed by atoms with Gasteiger partial charge in [0.2, 0.25) is 11.8 Å². The van der Waals surface area contributed by atoms with Crippen molar-refractivity contribution in [2.24, 2.45) is 5.41 Å². The fourth-order valence-corrected chi connectivity index (χ4v) is 3.06. The summed E-state index contributed by atoms with van der Waals surface area (Å²) in [6.07, 6.45) is 6.58.